The van der Waals surface area contributed by atoms with Gasteiger partial charge in [0, 0.05) is 16.2 Å². The second-order valence-corrected chi connectivity index (χ2v) is 12.0. The number of benzene rings is 2. The van der Waals surface area contributed by atoms with Crippen LogP contribution in [0.25, 0.3) is 0 Å². The van der Waals surface area contributed by atoms with E-state index in [0.29, 0.717) is 43.9 Å². The van der Waals surface area contributed by atoms with Crippen molar-refractivity contribution in [3.8, 4) is 35.1 Å². The Hall–Kier alpha value is -6.39. The standard InChI is InChI=1S/C17H11Cl2N5O2.C17H12ClN5O3/c1-10-16(26-14-3-11(5-20)2-12(18)4-14)17(25)24(9-23-10)8-13-6-22-15(19)7-21-13;1-10-16(26-14-3-11(5-19)2-12(18)4-14)17(25)23(9-22-10)8-13-6-21-15(24)7-20-13/h2-4,6-7,9H,8H2,1H3;2-4,6-7,9H,8H2,1H3,(H,21,24). The molecule has 4 aromatic heterocycles. The summed E-state index contributed by atoms with van der Waals surface area (Å²) in [6.07, 6.45) is 8.21. The lowest BCUT2D eigenvalue weighted by Crippen LogP contribution is -2.24. The normalized spacial score (nSPS) is 10.4. The molecule has 0 atom stereocenters. The van der Waals surface area contributed by atoms with Gasteiger partial charge in [0.15, 0.2) is 0 Å². The maximum Gasteiger partial charge on any atom is 0.296 e. The summed E-state index contributed by atoms with van der Waals surface area (Å²) in [6.45, 7) is 3.55. The van der Waals surface area contributed by atoms with Gasteiger partial charge in [-0.25, -0.2) is 15.0 Å². The molecule has 6 rings (SSSR count). The van der Waals surface area contributed by atoms with Crippen LogP contribution >= 0.6 is 34.8 Å². The first-order valence-electron chi connectivity index (χ1n) is 14.8. The fourth-order valence-corrected chi connectivity index (χ4v) is 4.95. The van der Waals surface area contributed by atoms with Crippen molar-refractivity contribution in [1.29, 1.82) is 10.5 Å². The van der Waals surface area contributed by atoms with Gasteiger partial charge < -0.3 is 14.5 Å². The van der Waals surface area contributed by atoms with Gasteiger partial charge in [-0.05, 0) is 50.2 Å². The van der Waals surface area contributed by atoms with E-state index in [2.05, 4.69) is 29.9 Å². The Labute approximate surface area is 308 Å². The Bertz CT molecular complexity index is 2520. The Morgan fingerprint density at radius 3 is 1.62 bits per heavy atom. The molecule has 52 heavy (non-hydrogen) atoms. The summed E-state index contributed by atoms with van der Waals surface area (Å²) >= 11 is 17.6. The van der Waals surface area contributed by atoms with Crippen LogP contribution in [-0.2, 0) is 13.1 Å². The highest BCUT2D eigenvalue weighted by Crippen LogP contribution is 2.27. The summed E-state index contributed by atoms with van der Waals surface area (Å²) in [6, 6.07) is 12.9. The van der Waals surface area contributed by atoms with Crippen LogP contribution in [0, 0.1) is 36.5 Å². The van der Waals surface area contributed by atoms with Crippen LogP contribution in [-0.4, -0.2) is 39.0 Å². The summed E-state index contributed by atoms with van der Waals surface area (Å²) in [7, 11) is 0. The molecule has 0 aliphatic carbocycles. The van der Waals surface area contributed by atoms with Gasteiger partial charge >= 0.3 is 0 Å². The smallest absolute Gasteiger partial charge is 0.296 e. The molecule has 6 aromatic rings. The van der Waals surface area contributed by atoms with Crippen LogP contribution in [0.4, 0.5) is 0 Å². The number of nitrogens with zero attached hydrogens (tertiary/aromatic N) is 9. The average Bonchev–Trinajstić information content (AvgIpc) is 3.12. The fraction of sp³-hybridized carbons (Fsp3) is 0.118. The first-order chi connectivity index (χ1) is 24.9. The van der Waals surface area contributed by atoms with Gasteiger partial charge in [-0.1, -0.05) is 34.8 Å². The number of ether oxygens (including phenoxy) is 2. The molecule has 0 spiro atoms. The van der Waals surface area contributed by atoms with Crippen molar-refractivity contribution in [2.24, 2.45) is 0 Å². The maximum atomic E-state index is 12.7. The number of hydrogen-bond acceptors (Lipinski definition) is 12. The molecular weight excluding hydrogens is 735 g/mol. The highest BCUT2D eigenvalue weighted by Gasteiger charge is 2.15. The zero-order chi connectivity index (χ0) is 37.4. The monoisotopic (exact) mass is 756 g/mol. The third-order valence-electron chi connectivity index (χ3n) is 6.86. The molecule has 0 bridgehead atoms. The molecule has 0 aliphatic heterocycles. The molecule has 4 heterocycles. The number of nitriles is 2. The zero-order valence-electron chi connectivity index (χ0n) is 27.0. The third kappa shape index (κ3) is 9.43. The minimum absolute atomic E-state index is 0.0167. The molecule has 18 heteroatoms. The summed E-state index contributed by atoms with van der Waals surface area (Å²) in [5.41, 5.74) is 1.31. The molecule has 0 radical (unpaired) electrons. The molecule has 2 aromatic carbocycles. The second-order valence-electron chi connectivity index (χ2n) is 10.7. The van der Waals surface area contributed by atoms with Crippen molar-refractivity contribution in [2.45, 2.75) is 26.9 Å². The number of halogens is 3. The van der Waals surface area contributed by atoms with E-state index >= 15 is 0 Å². The van der Waals surface area contributed by atoms with E-state index in [0.717, 1.165) is 6.20 Å². The van der Waals surface area contributed by atoms with E-state index in [1.807, 2.05) is 12.1 Å². The Balaban J connectivity index is 0.000000201. The molecule has 0 saturated carbocycles. The lowest BCUT2D eigenvalue weighted by molar-refractivity contribution is 0.457. The lowest BCUT2D eigenvalue weighted by Gasteiger charge is -2.11. The van der Waals surface area contributed by atoms with E-state index in [-0.39, 0.29) is 46.8 Å². The molecule has 1 N–H and O–H groups in total. The molecule has 260 valence electrons. The van der Waals surface area contributed by atoms with Gasteiger partial charge in [0.2, 0.25) is 11.5 Å². The van der Waals surface area contributed by atoms with E-state index in [1.54, 1.807) is 13.8 Å². The molecule has 0 saturated heterocycles. The first kappa shape index (κ1) is 36.9. The summed E-state index contributed by atoms with van der Waals surface area (Å²) in [4.78, 5) is 59.3. The van der Waals surface area contributed by atoms with Gasteiger partial charge in [-0.2, -0.15) is 10.5 Å². The number of H-pyrrole nitrogens is 1. The number of aromatic amines is 1. The van der Waals surface area contributed by atoms with Crippen molar-refractivity contribution in [3.05, 3.63) is 154 Å². The second kappa shape index (κ2) is 16.5. The van der Waals surface area contributed by atoms with Gasteiger partial charge in [0.25, 0.3) is 16.7 Å². The molecule has 0 aliphatic rings. The summed E-state index contributed by atoms with van der Waals surface area (Å²) < 4.78 is 14.0. The topological polar surface area (TPSA) is 207 Å². The van der Waals surface area contributed by atoms with Crippen LogP contribution in [0.5, 0.6) is 23.0 Å². The largest absolute Gasteiger partial charge is 0.450 e. The van der Waals surface area contributed by atoms with Crippen LogP contribution in [0.3, 0.4) is 0 Å². The van der Waals surface area contributed by atoms with Crippen LogP contribution in [0.1, 0.15) is 33.9 Å². The predicted molar refractivity (Wildman–Crippen MR) is 189 cm³/mol. The molecule has 0 unspecified atom stereocenters. The highest BCUT2D eigenvalue weighted by molar-refractivity contribution is 6.31. The van der Waals surface area contributed by atoms with E-state index in [1.165, 1.54) is 76.8 Å². The van der Waals surface area contributed by atoms with Gasteiger partial charge in [0.1, 0.15) is 16.7 Å². The first-order valence-corrected chi connectivity index (χ1v) is 15.9. The van der Waals surface area contributed by atoms with E-state index in [4.69, 9.17) is 54.8 Å². The molecule has 0 fully saturated rings. The highest BCUT2D eigenvalue weighted by atomic mass is 35.5. The molecule has 15 nitrogen and oxygen atoms in total. The Kier molecular flexibility index (Phi) is 11.7. The molecular formula is C34H23Cl3N10O5. The van der Waals surface area contributed by atoms with Crippen molar-refractivity contribution < 1.29 is 9.47 Å². The van der Waals surface area contributed by atoms with E-state index in [9.17, 15) is 14.4 Å². The average molecular weight is 758 g/mol. The fourth-order valence-electron chi connectivity index (χ4n) is 4.40. The minimum Gasteiger partial charge on any atom is -0.450 e. The van der Waals surface area contributed by atoms with Gasteiger partial charge in [-0.3, -0.25) is 33.5 Å². The summed E-state index contributed by atoms with van der Waals surface area (Å²) in [5.74, 6) is 0.597. The van der Waals surface area contributed by atoms with Crippen molar-refractivity contribution in [1.82, 2.24) is 39.0 Å². The SMILES string of the molecule is Cc1ncn(Cc2c[nH]c(=O)cn2)c(=O)c1Oc1cc(Cl)cc(C#N)c1.Cc1ncn(Cc2cnc(Cl)cn2)c(=O)c1Oc1cc(Cl)cc(C#N)c1. The number of aromatic nitrogens is 8. The van der Waals surface area contributed by atoms with Crippen molar-refractivity contribution in [3.63, 3.8) is 0 Å². The minimum atomic E-state index is -0.427. The van der Waals surface area contributed by atoms with Crippen molar-refractivity contribution >= 4 is 34.8 Å². The lowest BCUT2D eigenvalue weighted by atomic mass is 10.2. The Morgan fingerprint density at radius 2 is 1.17 bits per heavy atom. The predicted octanol–water partition coefficient (Wildman–Crippen LogP) is 5.36. The van der Waals surface area contributed by atoms with Gasteiger partial charge in [0.05, 0.1) is 90.4 Å². The number of aryl methyl sites for hydroxylation is 2. The number of nitrogens with one attached hydrogen (secondary N) is 1. The maximum absolute atomic E-state index is 12.7. The number of hydrogen-bond donors (Lipinski definition) is 1. The van der Waals surface area contributed by atoms with Crippen molar-refractivity contribution in [2.75, 3.05) is 0 Å². The molecule has 0 amide bonds. The van der Waals surface area contributed by atoms with Gasteiger partial charge in [-0.15, -0.1) is 0 Å². The van der Waals surface area contributed by atoms with Crippen LogP contribution < -0.4 is 26.2 Å². The zero-order valence-corrected chi connectivity index (χ0v) is 29.3. The van der Waals surface area contributed by atoms with Crippen LogP contribution in [0.15, 0.2) is 88.2 Å². The third-order valence-corrected chi connectivity index (χ3v) is 7.49. The van der Waals surface area contributed by atoms with Crippen LogP contribution in [0.2, 0.25) is 15.2 Å². The van der Waals surface area contributed by atoms with E-state index < -0.39 is 11.1 Å². The number of rotatable bonds is 8. The Morgan fingerprint density at radius 1 is 0.673 bits per heavy atom. The quantitative estimate of drug-likeness (QED) is 0.208. The summed E-state index contributed by atoms with van der Waals surface area (Å²) in [5, 5.41) is 19.0.